The van der Waals surface area contributed by atoms with Crippen molar-refractivity contribution in [3.05, 3.63) is 0 Å². The maximum atomic E-state index is 11.4. The summed E-state index contributed by atoms with van der Waals surface area (Å²) in [6, 6.07) is -2.03. The second-order valence-electron chi connectivity index (χ2n) is 4.07. The van der Waals surface area contributed by atoms with Gasteiger partial charge < -0.3 is 26.8 Å². The summed E-state index contributed by atoms with van der Waals surface area (Å²) in [7, 11) is 0. The third kappa shape index (κ3) is 8.72. The number of nitrogens with two attached hydrogens (primary N) is 1. The van der Waals surface area contributed by atoms with Crippen LogP contribution < -0.4 is 21.7 Å². The Bertz CT molecular complexity index is 372. The lowest BCUT2D eigenvalue weighted by Crippen LogP contribution is -2.48. The zero-order valence-corrected chi connectivity index (χ0v) is 11.3. The highest BCUT2D eigenvalue weighted by Crippen LogP contribution is 1.97. The van der Waals surface area contributed by atoms with Crippen molar-refractivity contribution >= 4 is 23.8 Å². The summed E-state index contributed by atoms with van der Waals surface area (Å²) < 4.78 is 0. The Morgan fingerprint density at radius 3 is 2.35 bits per heavy atom. The molecule has 0 radical (unpaired) electrons. The largest absolute Gasteiger partial charge is 0.480 e. The van der Waals surface area contributed by atoms with E-state index in [1.807, 2.05) is 6.92 Å². The van der Waals surface area contributed by atoms with Crippen molar-refractivity contribution in [2.45, 2.75) is 32.2 Å². The van der Waals surface area contributed by atoms with Gasteiger partial charge in [-0.15, -0.1) is 0 Å². The number of hydrogen-bond donors (Lipinski definition) is 5. The summed E-state index contributed by atoms with van der Waals surface area (Å²) in [6.07, 6.45) is 0.500. The fourth-order valence-corrected chi connectivity index (χ4v) is 1.24. The molecule has 0 saturated heterocycles. The van der Waals surface area contributed by atoms with Gasteiger partial charge in [-0.25, -0.2) is 9.59 Å². The van der Waals surface area contributed by atoms with E-state index in [1.54, 1.807) is 0 Å². The molecule has 0 aliphatic rings. The molecule has 114 valence electrons. The summed E-state index contributed by atoms with van der Waals surface area (Å²) in [5.74, 6) is -2.31. The quantitative estimate of drug-likeness (QED) is 0.351. The second kappa shape index (κ2) is 9.59. The van der Waals surface area contributed by atoms with Gasteiger partial charge >= 0.3 is 12.0 Å². The van der Waals surface area contributed by atoms with Gasteiger partial charge in [0.05, 0.1) is 6.54 Å². The molecule has 0 rings (SSSR count). The number of carboxylic acids is 1. The third-order valence-electron chi connectivity index (χ3n) is 2.26. The van der Waals surface area contributed by atoms with Crippen LogP contribution in [0.15, 0.2) is 0 Å². The van der Waals surface area contributed by atoms with Crippen LogP contribution in [0.1, 0.15) is 26.2 Å². The lowest BCUT2D eigenvalue weighted by atomic mass is 10.1. The van der Waals surface area contributed by atoms with Crippen LogP contribution in [0.4, 0.5) is 4.79 Å². The first-order valence-electron chi connectivity index (χ1n) is 6.19. The lowest BCUT2D eigenvalue weighted by molar-refractivity contribution is -0.139. The molecule has 1 unspecified atom stereocenters. The van der Waals surface area contributed by atoms with Gasteiger partial charge in [-0.2, -0.15) is 0 Å². The van der Waals surface area contributed by atoms with Crippen LogP contribution in [-0.4, -0.2) is 48.1 Å². The maximum Gasteiger partial charge on any atom is 0.326 e. The predicted octanol–water partition coefficient (Wildman–Crippen LogP) is -1.47. The Morgan fingerprint density at radius 2 is 1.85 bits per heavy atom. The number of carbonyl (C=O) groups is 4. The first-order valence-corrected chi connectivity index (χ1v) is 6.19. The Hall–Kier alpha value is -2.32. The number of carbonyl (C=O) groups excluding carboxylic acids is 3. The Balaban J connectivity index is 4.10. The van der Waals surface area contributed by atoms with E-state index >= 15 is 0 Å². The SMILES string of the molecule is CCCNC(=O)CNC(=O)NC(CCC(N)=O)C(=O)O. The molecular formula is C11H20N4O5. The summed E-state index contributed by atoms with van der Waals surface area (Å²) in [5, 5.41) is 15.8. The van der Waals surface area contributed by atoms with Crippen LogP contribution in [-0.2, 0) is 14.4 Å². The van der Waals surface area contributed by atoms with Crippen LogP contribution in [0.25, 0.3) is 0 Å². The fourth-order valence-electron chi connectivity index (χ4n) is 1.24. The predicted molar refractivity (Wildman–Crippen MR) is 69.7 cm³/mol. The number of hydrogen-bond acceptors (Lipinski definition) is 4. The van der Waals surface area contributed by atoms with E-state index in [-0.39, 0.29) is 25.3 Å². The van der Waals surface area contributed by atoms with Crippen molar-refractivity contribution in [2.75, 3.05) is 13.1 Å². The maximum absolute atomic E-state index is 11.4. The molecule has 0 heterocycles. The third-order valence-corrected chi connectivity index (χ3v) is 2.26. The highest BCUT2D eigenvalue weighted by atomic mass is 16.4. The van der Waals surface area contributed by atoms with Crippen molar-refractivity contribution in [1.29, 1.82) is 0 Å². The van der Waals surface area contributed by atoms with Crippen LogP contribution in [0, 0.1) is 0 Å². The van der Waals surface area contributed by atoms with Crippen molar-refractivity contribution in [3.8, 4) is 0 Å². The highest BCUT2D eigenvalue weighted by Gasteiger charge is 2.20. The number of urea groups is 1. The zero-order valence-electron chi connectivity index (χ0n) is 11.3. The molecule has 0 aromatic heterocycles. The van der Waals surface area contributed by atoms with Gasteiger partial charge in [-0.1, -0.05) is 6.92 Å². The summed E-state index contributed by atoms with van der Waals surface area (Å²) in [4.78, 5) is 44.0. The number of aliphatic carboxylic acids is 1. The summed E-state index contributed by atoms with van der Waals surface area (Å²) in [6.45, 7) is 2.13. The van der Waals surface area contributed by atoms with E-state index in [4.69, 9.17) is 10.8 Å². The molecule has 0 bridgehead atoms. The average Bonchev–Trinajstić information content (AvgIpc) is 2.38. The standard InChI is InChI=1S/C11H20N4O5/c1-2-5-13-9(17)6-14-11(20)15-7(10(18)19)3-4-8(12)16/h7H,2-6H2,1H3,(H2,12,16)(H,13,17)(H,18,19)(H2,14,15,20). The molecule has 9 heteroatoms. The minimum absolute atomic E-state index is 0.111. The molecular weight excluding hydrogens is 268 g/mol. The van der Waals surface area contributed by atoms with Crippen molar-refractivity contribution in [3.63, 3.8) is 0 Å². The van der Waals surface area contributed by atoms with Crippen molar-refractivity contribution in [1.82, 2.24) is 16.0 Å². The minimum atomic E-state index is -1.28. The van der Waals surface area contributed by atoms with Gasteiger partial charge in [0.25, 0.3) is 0 Å². The normalized spacial score (nSPS) is 11.2. The van der Waals surface area contributed by atoms with E-state index < -0.39 is 23.9 Å². The molecule has 6 N–H and O–H groups in total. The van der Waals surface area contributed by atoms with Crippen molar-refractivity contribution < 1.29 is 24.3 Å². The first-order chi connectivity index (χ1) is 9.36. The molecule has 0 fully saturated rings. The highest BCUT2D eigenvalue weighted by molar-refractivity contribution is 5.86. The van der Waals surface area contributed by atoms with Gasteiger partial charge in [0.1, 0.15) is 6.04 Å². The van der Waals surface area contributed by atoms with E-state index in [1.165, 1.54) is 0 Å². The van der Waals surface area contributed by atoms with Gasteiger partial charge in [-0.3, -0.25) is 9.59 Å². The molecule has 0 aliphatic heterocycles. The number of primary amides is 1. The fraction of sp³-hybridized carbons (Fsp3) is 0.636. The van der Waals surface area contributed by atoms with E-state index in [0.717, 1.165) is 6.42 Å². The van der Waals surface area contributed by atoms with Gasteiger partial charge in [0.15, 0.2) is 0 Å². The van der Waals surface area contributed by atoms with Crippen LogP contribution in [0.5, 0.6) is 0 Å². The van der Waals surface area contributed by atoms with Gasteiger partial charge in [-0.05, 0) is 12.8 Å². The molecule has 0 aliphatic carbocycles. The van der Waals surface area contributed by atoms with Crippen molar-refractivity contribution in [2.24, 2.45) is 5.73 Å². The molecule has 9 nitrogen and oxygen atoms in total. The minimum Gasteiger partial charge on any atom is -0.480 e. The molecule has 20 heavy (non-hydrogen) atoms. The molecule has 1 atom stereocenters. The molecule has 0 spiro atoms. The molecule has 0 aromatic rings. The topological polar surface area (TPSA) is 151 Å². The van der Waals surface area contributed by atoms with Gasteiger partial charge in [0.2, 0.25) is 11.8 Å². The van der Waals surface area contributed by atoms with E-state index in [0.29, 0.717) is 6.54 Å². The Kier molecular flexibility index (Phi) is 8.48. The first kappa shape index (κ1) is 17.7. The smallest absolute Gasteiger partial charge is 0.326 e. The van der Waals surface area contributed by atoms with E-state index in [9.17, 15) is 19.2 Å². The van der Waals surface area contributed by atoms with Crippen LogP contribution >= 0.6 is 0 Å². The number of amides is 4. The number of carboxylic acid groups (broad SMARTS) is 1. The second-order valence-corrected chi connectivity index (χ2v) is 4.07. The summed E-state index contributed by atoms with van der Waals surface area (Å²) >= 11 is 0. The number of rotatable bonds is 9. The van der Waals surface area contributed by atoms with E-state index in [2.05, 4.69) is 16.0 Å². The Morgan fingerprint density at radius 1 is 1.20 bits per heavy atom. The summed E-state index contributed by atoms with van der Waals surface area (Å²) in [5.41, 5.74) is 4.90. The monoisotopic (exact) mass is 288 g/mol. The van der Waals surface area contributed by atoms with Crippen LogP contribution in [0.2, 0.25) is 0 Å². The molecule has 0 aromatic carbocycles. The number of nitrogens with one attached hydrogen (secondary N) is 3. The Labute approximate surface area is 116 Å². The zero-order chi connectivity index (χ0) is 15.5. The lowest BCUT2D eigenvalue weighted by Gasteiger charge is -2.14. The van der Waals surface area contributed by atoms with Crippen LogP contribution in [0.3, 0.4) is 0 Å². The molecule has 4 amide bonds. The average molecular weight is 288 g/mol. The molecule has 0 saturated carbocycles. The van der Waals surface area contributed by atoms with Gasteiger partial charge in [0, 0.05) is 13.0 Å².